The molecule has 0 saturated carbocycles. The number of aliphatic hydroxyl groups excluding tert-OH is 1. The SMILES string of the molecule is COc1nc(N2CC(OCCO)C2)cc(-n2ncc3cc(C)c(C4CCNCC4F)cc32)n1.Cl. The van der Waals surface area contributed by atoms with Crippen molar-refractivity contribution >= 4 is 29.1 Å². The summed E-state index contributed by atoms with van der Waals surface area (Å²) < 4.78 is 27.4. The Kier molecular flexibility index (Phi) is 7.51. The minimum absolute atomic E-state index is 0. The predicted octanol–water partition coefficient (Wildman–Crippen LogP) is 2.17. The number of aromatic nitrogens is 4. The Hall–Kier alpha value is -2.53. The maximum absolute atomic E-state index is 14.7. The fourth-order valence-electron chi connectivity index (χ4n) is 4.67. The van der Waals surface area contributed by atoms with E-state index in [4.69, 9.17) is 14.6 Å². The van der Waals surface area contributed by atoms with Crippen LogP contribution in [-0.4, -0.2) is 83.6 Å². The third-order valence-electron chi connectivity index (χ3n) is 6.46. The molecule has 11 heteroatoms. The highest BCUT2D eigenvalue weighted by Crippen LogP contribution is 2.34. The Bertz CT molecular complexity index is 1140. The first-order valence-electron chi connectivity index (χ1n) is 11.3. The molecule has 0 aliphatic carbocycles. The molecule has 0 radical (unpaired) electrons. The molecule has 2 fully saturated rings. The maximum Gasteiger partial charge on any atom is 0.320 e. The molecular weight excluding hydrogens is 463 g/mol. The van der Waals surface area contributed by atoms with Crippen molar-refractivity contribution in [1.29, 1.82) is 0 Å². The number of aliphatic hydroxyl groups is 1. The highest BCUT2D eigenvalue weighted by molar-refractivity contribution is 5.85. The lowest BCUT2D eigenvalue weighted by atomic mass is 9.85. The van der Waals surface area contributed by atoms with Crippen molar-refractivity contribution in [2.45, 2.75) is 31.5 Å². The molecule has 9 nitrogen and oxygen atoms in total. The van der Waals surface area contributed by atoms with Crippen molar-refractivity contribution < 1.29 is 19.0 Å². The van der Waals surface area contributed by atoms with E-state index in [-0.39, 0.29) is 37.0 Å². The van der Waals surface area contributed by atoms with Gasteiger partial charge in [0.05, 0.1) is 38.1 Å². The molecule has 2 aromatic heterocycles. The third-order valence-corrected chi connectivity index (χ3v) is 6.46. The minimum atomic E-state index is -0.913. The van der Waals surface area contributed by atoms with Crippen LogP contribution < -0.4 is 15.0 Å². The lowest BCUT2D eigenvalue weighted by Gasteiger charge is -2.39. The molecular formula is C23H30ClFN6O3. The number of ether oxygens (including phenoxy) is 2. The number of fused-ring (bicyclic) bond motifs is 1. The van der Waals surface area contributed by atoms with Gasteiger partial charge in [0.1, 0.15) is 12.0 Å². The summed E-state index contributed by atoms with van der Waals surface area (Å²) in [7, 11) is 1.54. The fourth-order valence-corrected chi connectivity index (χ4v) is 4.67. The summed E-state index contributed by atoms with van der Waals surface area (Å²) in [5.41, 5.74) is 2.97. The van der Waals surface area contributed by atoms with E-state index in [1.807, 2.05) is 13.0 Å². The Labute approximate surface area is 203 Å². The standard InChI is InChI=1S/C23H29FN6O3.ClH/c1-14-7-15-10-26-30(20(15)8-18(14)17-3-4-25-11-19(17)24)22-9-21(27-23(28-22)32-2)29-12-16(13-29)33-6-5-31;/h7-10,16-17,19,25,31H,3-6,11-13H2,1-2H3;1H. The molecule has 1 aromatic carbocycles. The molecule has 2 aliphatic heterocycles. The molecule has 5 rings (SSSR count). The van der Waals surface area contributed by atoms with E-state index in [2.05, 4.69) is 37.4 Å². The van der Waals surface area contributed by atoms with Crippen LogP contribution in [0.4, 0.5) is 10.2 Å². The topological polar surface area (TPSA) is 97.6 Å². The van der Waals surface area contributed by atoms with Crippen LogP contribution in [0.5, 0.6) is 6.01 Å². The number of aryl methyl sites for hydroxylation is 1. The number of nitrogens with zero attached hydrogens (tertiary/aromatic N) is 5. The van der Waals surface area contributed by atoms with E-state index in [9.17, 15) is 4.39 Å². The van der Waals surface area contributed by atoms with E-state index in [0.29, 0.717) is 32.1 Å². The molecule has 2 N–H and O–H groups in total. The predicted molar refractivity (Wildman–Crippen MR) is 129 cm³/mol. The van der Waals surface area contributed by atoms with Gasteiger partial charge in [-0.3, -0.25) is 0 Å². The van der Waals surface area contributed by atoms with E-state index in [1.54, 1.807) is 10.9 Å². The average Bonchev–Trinajstić information content (AvgIpc) is 3.20. The van der Waals surface area contributed by atoms with Gasteiger partial charge >= 0.3 is 6.01 Å². The van der Waals surface area contributed by atoms with E-state index in [1.165, 1.54) is 7.11 Å². The Morgan fingerprint density at radius 2 is 2.00 bits per heavy atom. The number of halogens is 2. The van der Waals surface area contributed by atoms with Crippen LogP contribution in [0.3, 0.4) is 0 Å². The molecule has 2 aliphatic rings. The lowest BCUT2D eigenvalue weighted by molar-refractivity contribution is 0.0132. The van der Waals surface area contributed by atoms with Crippen molar-refractivity contribution in [3.05, 3.63) is 35.5 Å². The number of alkyl halides is 1. The van der Waals surface area contributed by atoms with Crippen LogP contribution >= 0.6 is 12.4 Å². The Balaban J connectivity index is 0.00000274. The van der Waals surface area contributed by atoms with E-state index < -0.39 is 6.17 Å². The molecule has 34 heavy (non-hydrogen) atoms. The second-order valence-corrected chi connectivity index (χ2v) is 8.63. The number of anilines is 1. The highest BCUT2D eigenvalue weighted by atomic mass is 35.5. The summed E-state index contributed by atoms with van der Waals surface area (Å²) in [5, 5.41) is 17.6. The van der Waals surface area contributed by atoms with Crippen molar-refractivity contribution in [2.75, 3.05) is 51.4 Å². The summed E-state index contributed by atoms with van der Waals surface area (Å²) in [6, 6.07) is 6.25. The largest absolute Gasteiger partial charge is 0.467 e. The molecule has 184 valence electrons. The number of hydrogen-bond acceptors (Lipinski definition) is 8. The van der Waals surface area contributed by atoms with Gasteiger partial charge in [0.25, 0.3) is 0 Å². The maximum atomic E-state index is 14.7. The molecule has 4 heterocycles. The van der Waals surface area contributed by atoms with Crippen molar-refractivity contribution in [2.24, 2.45) is 0 Å². The van der Waals surface area contributed by atoms with Gasteiger partial charge in [-0.1, -0.05) is 0 Å². The molecule has 0 spiro atoms. The molecule has 3 aromatic rings. The van der Waals surface area contributed by atoms with Crippen LogP contribution in [0.15, 0.2) is 24.4 Å². The number of nitrogens with one attached hydrogen (secondary N) is 1. The van der Waals surface area contributed by atoms with Crippen LogP contribution in [0.1, 0.15) is 23.5 Å². The number of hydrogen-bond donors (Lipinski definition) is 2. The van der Waals surface area contributed by atoms with Gasteiger partial charge in [-0.15, -0.1) is 12.4 Å². The van der Waals surface area contributed by atoms with Gasteiger partial charge in [0.15, 0.2) is 5.82 Å². The number of rotatable bonds is 7. The summed E-state index contributed by atoms with van der Waals surface area (Å²) in [6.07, 6.45) is 1.72. The van der Waals surface area contributed by atoms with Gasteiger partial charge < -0.3 is 24.8 Å². The minimum Gasteiger partial charge on any atom is -0.467 e. The number of benzene rings is 1. The zero-order valence-corrected chi connectivity index (χ0v) is 20.1. The Morgan fingerprint density at radius 3 is 2.74 bits per heavy atom. The first-order chi connectivity index (χ1) is 16.1. The summed E-state index contributed by atoms with van der Waals surface area (Å²) in [5.74, 6) is 1.17. The summed E-state index contributed by atoms with van der Waals surface area (Å²) in [4.78, 5) is 11.1. The van der Waals surface area contributed by atoms with E-state index >= 15 is 0 Å². The summed E-state index contributed by atoms with van der Waals surface area (Å²) >= 11 is 0. The molecule has 2 unspecified atom stereocenters. The Morgan fingerprint density at radius 1 is 1.21 bits per heavy atom. The first-order valence-corrected chi connectivity index (χ1v) is 11.3. The van der Waals surface area contributed by atoms with Crippen LogP contribution in [0.2, 0.25) is 0 Å². The number of methoxy groups -OCH3 is 1. The van der Waals surface area contributed by atoms with Crippen LogP contribution in [0, 0.1) is 6.92 Å². The third kappa shape index (κ3) is 4.68. The smallest absolute Gasteiger partial charge is 0.320 e. The lowest BCUT2D eigenvalue weighted by Crippen LogP contribution is -2.53. The fraction of sp³-hybridized carbons (Fsp3) is 0.522. The summed E-state index contributed by atoms with van der Waals surface area (Å²) in [6.45, 7) is 4.92. The second kappa shape index (κ2) is 10.4. The van der Waals surface area contributed by atoms with Crippen LogP contribution in [0.25, 0.3) is 16.7 Å². The zero-order chi connectivity index (χ0) is 22.9. The molecule has 0 bridgehead atoms. The zero-order valence-electron chi connectivity index (χ0n) is 19.3. The van der Waals surface area contributed by atoms with Crippen molar-refractivity contribution in [3.63, 3.8) is 0 Å². The van der Waals surface area contributed by atoms with Gasteiger partial charge in [-0.2, -0.15) is 15.1 Å². The molecule has 2 saturated heterocycles. The second-order valence-electron chi connectivity index (χ2n) is 8.63. The normalized spacial score (nSPS) is 20.8. The van der Waals surface area contributed by atoms with Crippen molar-refractivity contribution in [1.82, 2.24) is 25.1 Å². The molecule has 2 atom stereocenters. The van der Waals surface area contributed by atoms with E-state index in [0.717, 1.165) is 40.8 Å². The monoisotopic (exact) mass is 492 g/mol. The van der Waals surface area contributed by atoms with Crippen molar-refractivity contribution in [3.8, 4) is 11.8 Å². The highest BCUT2D eigenvalue weighted by Gasteiger charge is 2.30. The first kappa shape index (κ1) is 24.6. The van der Waals surface area contributed by atoms with Gasteiger partial charge in [-0.25, -0.2) is 9.07 Å². The van der Waals surface area contributed by atoms with Gasteiger partial charge in [0.2, 0.25) is 0 Å². The van der Waals surface area contributed by atoms with Gasteiger partial charge in [0, 0.05) is 37.0 Å². The average molecular weight is 493 g/mol. The van der Waals surface area contributed by atoms with Gasteiger partial charge in [-0.05, 0) is 43.1 Å². The number of piperidine rings is 1. The molecule has 0 amide bonds. The van der Waals surface area contributed by atoms with Crippen LogP contribution in [-0.2, 0) is 4.74 Å². The quantitative estimate of drug-likeness (QED) is 0.518.